The molecule has 0 unspecified atom stereocenters. The number of methoxy groups -OCH3 is 1. The number of benzene rings is 2. The van der Waals surface area contributed by atoms with Gasteiger partial charge >= 0.3 is 6.18 Å². The Kier molecular flexibility index (Phi) is 6.27. The van der Waals surface area contributed by atoms with E-state index in [2.05, 4.69) is 0 Å². The van der Waals surface area contributed by atoms with Crippen molar-refractivity contribution in [3.63, 3.8) is 0 Å². The van der Waals surface area contributed by atoms with Gasteiger partial charge in [-0.15, -0.1) is 11.8 Å². The number of thiocarbonyl (C=S) groups is 1. The molecule has 2 aromatic carbocycles. The second-order valence-electron chi connectivity index (χ2n) is 8.29. The molecule has 0 aromatic heterocycles. The van der Waals surface area contributed by atoms with Crippen molar-refractivity contribution in [1.29, 1.82) is 5.26 Å². The van der Waals surface area contributed by atoms with Crippen LogP contribution < -0.4 is 14.5 Å². The van der Waals surface area contributed by atoms with Crippen LogP contribution in [0.3, 0.4) is 0 Å². The molecule has 2 aliphatic rings. The molecule has 0 spiro atoms. The number of hydrogen-bond donors (Lipinski definition) is 0. The number of fused-ring (bicyclic) bond motifs is 1. The lowest BCUT2D eigenvalue weighted by Gasteiger charge is -2.31. The van der Waals surface area contributed by atoms with Crippen LogP contribution in [0.25, 0.3) is 0 Å². The second-order valence-corrected chi connectivity index (χ2v) is 9.72. The molecule has 0 saturated carbocycles. The lowest BCUT2D eigenvalue weighted by molar-refractivity contribution is -0.137. The molecule has 0 bridgehead atoms. The average Bonchev–Trinajstić information content (AvgIpc) is 2.96. The molecule has 1 fully saturated rings. The van der Waals surface area contributed by atoms with E-state index in [0.29, 0.717) is 23.8 Å². The van der Waals surface area contributed by atoms with Gasteiger partial charge in [0.05, 0.1) is 34.4 Å². The number of nitriles is 1. The van der Waals surface area contributed by atoms with Crippen LogP contribution in [0.4, 0.5) is 24.5 Å². The van der Waals surface area contributed by atoms with Crippen molar-refractivity contribution in [2.45, 2.75) is 36.6 Å². The van der Waals surface area contributed by atoms with Crippen molar-refractivity contribution in [3.8, 4) is 11.8 Å². The number of thioether (sulfide) groups is 1. The van der Waals surface area contributed by atoms with Gasteiger partial charge in [-0.05, 0) is 62.5 Å². The minimum absolute atomic E-state index is 0.0463. The largest absolute Gasteiger partial charge is 0.486 e. The highest BCUT2D eigenvalue weighted by atomic mass is 32.2. The lowest BCUT2D eigenvalue weighted by Crippen LogP contribution is -2.44. The van der Waals surface area contributed by atoms with E-state index in [1.165, 1.54) is 6.07 Å². The molecule has 34 heavy (non-hydrogen) atoms. The highest BCUT2D eigenvalue weighted by Crippen LogP contribution is 2.43. The van der Waals surface area contributed by atoms with Crippen molar-refractivity contribution in [1.82, 2.24) is 0 Å². The van der Waals surface area contributed by atoms with Gasteiger partial charge in [0.15, 0.2) is 5.11 Å². The normalized spacial score (nSPS) is 19.6. The van der Waals surface area contributed by atoms with E-state index in [9.17, 15) is 18.0 Å². The van der Waals surface area contributed by atoms with E-state index >= 15 is 0 Å². The van der Waals surface area contributed by atoms with E-state index < -0.39 is 28.7 Å². The van der Waals surface area contributed by atoms with Gasteiger partial charge in [0.25, 0.3) is 5.91 Å². The topological polar surface area (TPSA) is 65.8 Å². The van der Waals surface area contributed by atoms with E-state index in [0.717, 1.165) is 21.9 Å². The molecule has 2 aromatic rings. The van der Waals surface area contributed by atoms with Crippen LogP contribution in [0.2, 0.25) is 0 Å². The third kappa shape index (κ3) is 4.10. The molecule has 1 amide bonds. The summed E-state index contributed by atoms with van der Waals surface area (Å²) in [5, 5.41) is 9.12. The summed E-state index contributed by atoms with van der Waals surface area (Å²) in [7, 11) is 1.61. The number of nitrogens with zero attached hydrogens (tertiary/aromatic N) is 3. The molecule has 1 saturated heterocycles. The van der Waals surface area contributed by atoms with E-state index in [4.69, 9.17) is 27.0 Å². The zero-order chi connectivity index (χ0) is 24.8. The van der Waals surface area contributed by atoms with E-state index in [-0.39, 0.29) is 16.9 Å². The van der Waals surface area contributed by atoms with Gasteiger partial charge in [-0.1, -0.05) is 0 Å². The molecule has 1 atom stereocenters. The number of halogens is 3. The van der Waals surface area contributed by atoms with Crippen molar-refractivity contribution < 1.29 is 27.4 Å². The fraction of sp³-hybridized carbons (Fsp3) is 0.348. The number of hydrogen-bond acceptors (Lipinski definition) is 6. The summed E-state index contributed by atoms with van der Waals surface area (Å²) in [4.78, 5) is 16.9. The molecule has 2 heterocycles. The minimum Gasteiger partial charge on any atom is -0.486 e. The van der Waals surface area contributed by atoms with Crippen molar-refractivity contribution in [2.75, 3.05) is 29.3 Å². The van der Waals surface area contributed by atoms with Crippen LogP contribution in [0.15, 0.2) is 41.3 Å². The molecule has 0 aliphatic carbocycles. The molecule has 2 aliphatic heterocycles. The predicted octanol–water partition coefficient (Wildman–Crippen LogP) is 4.99. The van der Waals surface area contributed by atoms with Gasteiger partial charge < -0.3 is 14.4 Å². The number of amides is 1. The fourth-order valence-electron chi connectivity index (χ4n) is 3.97. The Morgan fingerprint density at radius 2 is 1.97 bits per heavy atom. The van der Waals surface area contributed by atoms with Crippen LogP contribution in [-0.4, -0.2) is 42.1 Å². The van der Waals surface area contributed by atoms with Gasteiger partial charge in [0.1, 0.15) is 17.4 Å². The number of rotatable bonds is 4. The van der Waals surface area contributed by atoms with Gasteiger partial charge in [0.2, 0.25) is 0 Å². The number of ether oxygens (including phenoxy) is 2. The van der Waals surface area contributed by atoms with Gasteiger partial charge in [-0.3, -0.25) is 9.69 Å². The summed E-state index contributed by atoms with van der Waals surface area (Å²) in [6.07, 6.45) is -4.83. The lowest BCUT2D eigenvalue weighted by atomic mass is 10.0. The average molecular weight is 508 g/mol. The number of alkyl halides is 3. The van der Waals surface area contributed by atoms with Crippen LogP contribution in [0.1, 0.15) is 25.0 Å². The van der Waals surface area contributed by atoms with Gasteiger partial charge in [0, 0.05) is 18.6 Å². The SMILES string of the molecule is COC[C@@H]1CSc2cc(N3C(=S)N(c4ccc(C#N)c(C(F)(F)F)c4)C(=O)C3(C)C)ccc2O1. The highest BCUT2D eigenvalue weighted by Gasteiger charge is 2.51. The molecule has 178 valence electrons. The summed E-state index contributed by atoms with van der Waals surface area (Å²) < 4.78 is 51.6. The van der Waals surface area contributed by atoms with Gasteiger partial charge in [-0.2, -0.15) is 18.4 Å². The van der Waals surface area contributed by atoms with Gasteiger partial charge in [-0.25, -0.2) is 0 Å². The Hall–Kier alpha value is -2.81. The molecule has 6 nitrogen and oxygen atoms in total. The maximum absolute atomic E-state index is 13.5. The van der Waals surface area contributed by atoms with E-state index in [1.54, 1.807) is 55.8 Å². The Morgan fingerprint density at radius 1 is 1.26 bits per heavy atom. The summed E-state index contributed by atoms with van der Waals surface area (Å²) in [5.74, 6) is 0.904. The van der Waals surface area contributed by atoms with Crippen LogP contribution in [-0.2, 0) is 15.7 Å². The third-order valence-electron chi connectivity index (χ3n) is 5.61. The van der Waals surface area contributed by atoms with Crippen molar-refractivity contribution in [2.24, 2.45) is 0 Å². The zero-order valence-corrected chi connectivity index (χ0v) is 20.1. The zero-order valence-electron chi connectivity index (χ0n) is 18.5. The highest BCUT2D eigenvalue weighted by molar-refractivity contribution is 7.99. The maximum Gasteiger partial charge on any atom is 0.417 e. The fourth-order valence-corrected chi connectivity index (χ4v) is 5.48. The summed E-state index contributed by atoms with van der Waals surface area (Å²) >= 11 is 7.18. The maximum atomic E-state index is 13.5. The van der Waals surface area contributed by atoms with E-state index in [1.807, 2.05) is 6.07 Å². The van der Waals surface area contributed by atoms with Crippen LogP contribution >= 0.6 is 24.0 Å². The summed E-state index contributed by atoms with van der Waals surface area (Å²) in [6.45, 7) is 3.78. The molecular formula is C23H20F3N3O3S2. The second kappa shape index (κ2) is 8.76. The number of carbonyl (C=O) groups excluding carboxylic acids is 1. The Labute approximate surface area is 204 Å². The molecule has 0 radical (unpaired) electrons. The quantitative estimate of drug-likeness (QED) is 0.540. The standard InChI is InChI=1S/C23H20F3N3O3S2/c1-22(2)20(30)28(14-5-4-13(10-27)17(8-14)23(24,25)26)21(33)29(22)15-6-7-18-19(9-15)34-12-16(32-18)11-31-3/h4-9,16H,11-12H2,1-3H3/t16-/m1/s1. The Bertz CT molecular complexity index is 1210. The first kappa shape index (κ1) is 24.3. The Morgan fingerprint density at radius 3 is 2.62 bits per heavy atom. The number of anilines is 2. The number of carbonyl (C=O) groups is 1. The van der Waals surface area contributed by atoms with Crippen LogP contribution in [0, 0.1) is 11.3 Å². The monoisotopic (exact) mass is 507 g/mol. The molecule has 0 N–H and O–H groups in total. The predicted molar refractivity (Wildman–Crippen MR) is 126 cm³/mol. The molecule has 4 rings (SSSR count). The summed E-state index contributed by atoms with van der Waals surface area (Å²) in [5.41, 5.74) is -2.22. The van der Waals surface area contributed by atoms with Crippen LogP contribution in [0.5, 0.6) is 5.75 Å². The molecular weight excluding hydrogens is 487 g/mol. The van der Waals surface area contributed by atoms with Crippen molar-refractivity contribution in [3.05, 3.63) is 47.5 Å². The summed E-state index contributed by atoms with van der Waals surface area (Å²) in [6, 6.07) is 10.1. The first-order valence-electron chi connectivity index (χ1n) is 10.2. The Balaban J connectivity index is 1.71. The molecule has 11 heteroatoms. The minimum atomic E-state index is -4.75. The first-order chi connectivity index (χ1) is 16.0. The first-order valence-corrected chi connectivity index (χ1v) is 11.6. The third-order valence-corrected chi connectivity index (χ3v) is 7.15. The smallest absolute Gasteiger partial charge is 0.417 e. The van der Waals surface area contributed by atoms with Crippen molar-refractivity contribution >= 4 is 46.4 Å².